The van der Waals surface area contributed by atoms with Crippen LogP contribution in [0.5, 0.6) is 0 Å². The van der Waals surface area contributed by atoms with Gasteiger partial charge in [0.15, 0.2) is 5.69 Å². The summed E-state index contributed by atoms with van der Waals surface area (Å²) >= 11 is 11.8. The van der Waals surface area contributed by atoms with E-state index in [2.05, 4.69) is 10.3 Å². The number of alkyl halides is 4. The molecule has 1 amide bonds. The van der Waals surface area contributed by atoms with Crippen LogP contribution < -0.4 is 5.32 Å². The van der Waals surface area contributed by atoms with Crippen molar-refractivity contribution in [3.8, 4) is 0 Å². The highest BCUT2D eigenvalue weighted by Crippen LogP contribution is 2.40. The maximum Gasteiger partial charge on any atom is 0.434 e. The van der Waals surface area contributed by atoms with E-state index in [1.165, 1.54) is 6.07 Å². The van der Waals surface area contributed by atoms with Gasteiger partial charge in [0, 0.05) is 11.2 Å². The largest absolute Gasteiger partial charge is 0.434 e. The summed E-state index contributed by atoms with van der Waals surface area (Å²) in [5.74, 6) is -0.923. The molecule has 0 radical (unpaired) electrons. The fraction of sp³-hybridized carbons (Fsp3) is 0.400. The number of amides is 1. The molecule has 3 rings (SSSR count). The molecule has 0 aliphatic heterocycles. The van der Waals surface area contributed by atoms with E-state index in [4.69, 9.17) is 23.2 Å². The first-order chi connectivity index (χ1) is 14.0. The SMILES string of the molecule is O=C(N[C@@H](c1cccc(Cl)c1)[C@]1(O)CC[C@@H](F)CC1)c1ccnc(C(F)(F)F)c1Cl. The molecule has 0 bridgehead atoms. The summed E-state index contributed by atoms with van der Waals surface area (Å²) in [6.07, 6.45) is -4.76. The van der Waals surface area contributed by atoms with Crippen LogP contribution >= 0.6 is 23.2 Å². The minimum atomic E-state index is -4.84. The van der Waals surface area contributed by atoms with E-state index in [1.807, 2.05) is 0 Å². The lowest BCUT2D eigenvalue weighted by molar-refractivity contribution is -0.141. The molecular weight excluding hydrogens is 447 g/mol. The van der Waals surface area contributed by atoms with Crippen LogP contribution in [0.3, 0.4) is 0 Å². The maximum atomic E-state index is 13.6. The Morgan fingerprint density at radius 3 is 2.50 bits per heavy atom. The Kier molecular flexibility index (Phi) is 6.60. The van der Waals surface area contributed by atoms with Crippen LogP contribution in [-0.2, 0) is 6.18 Å². The number of nitrogens with zero attached hydrogens (tertiary/aromatic N) is 1. The molecule has 1 saturated carbocycles. The van der Waals surface area contributed by atoms with Gasteiger partial charge in [-0.25, -0.2) is 4.39 Å². The third-order valence-corrected chi connectivity index (χ3v) is 5.80. The Morgan fingerprint density at radius 1 is 1.23 bits per heavy atom. The lowest BCUT2D eigenvalue weighted by Gasteiger charge is -2.40. The Bertz CT molecular complexity index is 931. The van der Waals surface area contributed by atoms with E-state index < -0.39 is 46.2 Å². The molecular formula is C20H18Cl2F4N2O2. The van der Waals surface area contributed by atoms with Gasteiger partial charge >= 0.3 is 6.18 Å². The Balaban J connectivity index is 1.97. The fourth-order valence-electron chi connectivity index (χ4n) is 3.61. The Labute approximate surface area is 180 Å². The molecule has 1 atom stereocenters. The summed E-state index contributed by atoms with van der Waals surface area (Å²) in [6.45, 7) is 0. The Hall–Kier alpha value is -1.90. The second-order valence-electron chi connectivity index (χ2n) is 7.26. The lowest BCUT2D eigenvalue weighted by Crippen LogP contribution is -2.48. The zero-order chi connectivity index (χ0) is 22.1. The zero-order valence-electron chi connectivity index (χ0n) is 15.5. The number of nitrogens with one attached hydrogen (secondary N) is 1. The van der Waals surface area contributed by atoms with E-state index in [9.17, 15) is 27.5 Å². The molecule has 30 heavy (non-hydrogen) atoms. The first-order valence-corrected chi connectivity index (χ1v) is 9.91. The van der Waals surface area contributed by atoms with Crippen molar-refractivity contribution >= 4 is 29.1 Å². The minimum absolute atomic E-state index is 0.0590. The van der Waals surface area contributed by atoms with Crippen LogP contribution in [0.1, 0.15) is 53.3 Å². The molecule has 4 nitrogen and oxygen atoms in total. The normalized spacial score (nSPS) is 23.1. The van der Waals surface area contributed by atoms with E-state index in [0.717, 1.165) is 12.3 Å². The van der Waals surface area contributed by atoms with Crippen molar-refractivity contribution in [1.29, 1.82) is 0 Å². The van der Waals surface area contributed by atoms with Gasteiger partial charge in [-0.05, 0) is 49.4 Å². The van der Waals surface area contributed by atoms with Crippen LogP contribution in [-0.4, -0.2) is 27.8 Å². The number of aliphatic hydroxyl groups is 1. The topological polar surface area (TPSA) is 62.2 Å². The van der Waals surface area contributed by atoms with Crippen molar-refractivity contribution in [1.82, 2.24) is 10.3 Å². The van der Waals surface area contributed by atoms with Crippen molar-refractivity contribution in [3.63, 3.8) is 0 Å². The fourth-order valence-corrected chi connectivity index (χ4v) is 4.11. The van der Waals surface area contributed by atoms with Crippen molar-refractivity contribution < 1.29 is 27.5 Å². The quantitative estimate of drug-likeness (QED) is 0.585. The molecule has 1 aromatic carbocycles. The van der Waals surface area contributed by atoms with Crippen molar-refractivity contribution in [2.45, 2.75) is 49.7 Å². The molecule has 2 aromatic rings. The highest BCUT2D eigenvalue weighted by molar-refractivity contribution is 6.34. The number of pyridine rings is 1. The number of carbonyl (C=O) groups is 1. The molecule has 162 valence electrons. The first-order valence-electron chi connectivity index (χ1n) is 9.16. The predicted octanol–water partition coefficient (Wildman–Crippen LogP) is 5.52. The summed E-state index contributed by atoms with van der Waals surface area (Å²) in [7, 11) is 0. The van der Waals surface area contributed by atoms with Crippen LogP contribution in [0.4, 0.5) is 17.6 Å². The van der Waals surface area contributed by atoms with Gasteiger partial charge in [0.05, 0.1) is 22.2 Å². The van der Waals surface area contributed by atoms with Gasteiger partial charge in [0.2, 0.25) is 0 Å². The van der Waals surface area contributed by atoms with Crippen LogP contribution in [0, 0.1) is 0 Å². The average Bonchev–Trinajstić information content (AvgIpc) is 2.67. The van der Waals surface area contributed by atoms with Crippen LogP contribution in [0.15, 0.2) is 36.5 Å². The third kappa shape index (κ3) is 4.87. The van der Waals surface area contributed by atoms with Gasteiger partial charge in [0.25, 0.3) is 5.91 Å². The number of rotatable bonds is 4. The number of aromatic nitrogens is 1. The molecule has 2 N–H and O–H groups in total. The standard InChI is InChI=1S/C20H18Cl2F4N2O2/c21-12-3-1-2-11(10-12)16(19(30)7-4-13(23)5-8-19)28-18(29)14-6-9-27-17(15(14)22)20(24,25)26/h1-3,6,9-10,13,16,30H,4-5,7-8H2,(H,28,29)/t13-,16-,19+/m0/s1. The summed E-state index contributed by atoms with van der Waals surface area (Å²) in [6, 6.07) is 6.39. The van der Waals surface area contributed by atoms with E-state index in [0.29, 0.717) is 10.6 Å². The van der Waals surface area contributed by atoms with Gasteiger partial charge in [-0.15, -0.1) is 0 Å². The number of benzene rings is 1. The van der Waals surface area contributed by atoms with Crippen LogP contribution in [0.25, 0.3) is 0 Å². The molecule has 1 fully saturated rings. The van der Waals surface area contributed by atoms with Gasteiger partial charge < -0.3 is 10.4 Å². The van der Waals surface area contributed by atoms with E-state index >= 15 is 0 Å². The number of carbonyl (C=O) groups excluding carboxylic acids is 1. The van der Waals surface area contributed by atoms with Gasteiger partial charge in [-0.2, -0.15) is 13.2 Å². The predicted molar refractivity (Wildman–Crippen MR) is 104 cm³/mol. The summed E-state index contributed by atoms with van der Waals surface area (Å²) in [5.41, 5.74) is -2.88. The minimum Gasteiger partial charge on any atom is -0.387 e. The first kappa shape index (κ1) is 22.8. The molecule has 0 saturated heterocycles. The zero-order valence-corrected chi connectivity index (χ0v) is 17.0. The molecule has 1 aliphatic carbocycles. The van der Waals surface area contributed by atoms with Crippen molar-refractivity contribution in [2.75, 3.05) is 0 Å². The third-order valence-electron chi connectivity index (χ3n) is 5.18. The lowest BCUT2D eigenvalue weighted by atomic mass is 9.76. The van der Waals surface area contributed by atoms with E-state index in [-0.39, 0.29) is 25.7 Å². The molecule has 10 heteroatoms. The van der Waals surface area contributed by atoms with Crippen LogP contribution in [0.2, 0.25) is 10.0 Å². The van der Waals surface area contributed by atoms with Crippen molar-refractivity contribution in [2.24, 2.45) is 0 Å². The second-order valence-corrected chi connectivity index (χ2v) is 8.07. The highest BCUT2D eigenvalue weighted by atomic mass is 35.5. The smallest absolute Gasteiger partial charge is 0.387 e. The van der Waals surface area contributed by atoms with Gasteiger partial charge in [-0.3, -0.25) is 9.78 Å². The molecule has 1 heterocycles. The second kappa shape index (κ2) is 8.69. The maximum absolute atomic E-state index is 13.6. The number of halogens is 6. The van der Waals surface area contributed by atoms with Crippen molar-refractivity contribution in [3.05, 3.63) is 63.4 Å². The van der Waals surface area contributed by atoms with Gasteiger partial charge in [0.1, 0.15) is 6.17 Å². The molecule has 0 unspecified atom stereocenters. The summed E-state index contributed by atoms with van der Waals surface area (Å²) in [5, 5.41) is 13.3. The number of hydrogen-bond acceptors (Lipinski definition) is 3. The monoisotopic (exact) mass is 464 g/mol. The van der Waals surface area contributed by atoms with Gasteiger partial charge in [-0.1, -0.05) is 35.3 Å². The Morgan fingerprint density at radius 2 is 1.90 bits per heavy atom. The summed E-state index contributed by atoms with van der Waals surface area (Å²) in [4.78, 5) is 16.1. The number of hydrogen-bond donors (Lipinski definition) is 2. The molecule has 0 spiro atoms. The van der Waals surface area contributed by atoms with E-state index in [1.54, 1.807) is 18.2 Å². The highest BCUT2D eigenvalue weighted by Gasteiger charge is 2.43. The average molecular weight is 465 g/mol. The molecule has 1 aliphatic rings. The summed E-state index contributed by atoms with van der Waals surface area (Å²) < 4.78 is 52.9. The molecule has 1 aromatic heterocycles.